The average Bonchev–Trinajstić information content (AvgIpc) is 2.48. The van der Waals surface area contributed by atoms with E-state index in [0.717, 1.165) is 0 Å². The number of nitrogens with two attached hydrogens (primary N) is 1. The molecule has 106 valence electrons. The van der Waals surface area contributed by atoms with Crippen LogP contribution < -0.4 is 26.1 Å². The van der Waals surface area contributed by atoms with E-state index in [9.17, 15) is 0 Å². The minimum Gasteiger partial charge on any atom is -0.495 e. The molecule has 0 spiro atoms. The Labute approximate surface area is 121 Å². The van der Waals surface area contributed by atoms with Crippen LogP contribution in [0.5, 0.6) is 11.5 Å². The summed E-state index contributed by atoms with van der Waals surface area (Å²) in [5.74, 6) is 7.44. The van der Waals surface area contributed by atoms with Crippen molar-refractivity contribution >= 4 is 28.9 Å². The molecule has 1 aromatic carbocycles. The maximum atomic E-state index is 6.05. The first-order chi connectivity index (χ1) is 9.67. The molecule has 0 radical (unpaired) electrons. The summed E-state index contributed by atoms with van der Waals surface area (Å²) in [6.07, 6.45) is 1.39. The lowest BCUT2D eigenvalue weighted by molar-refractivity contribution is 0.405. The third-order valence-corrected chi connectivity index (χ3v) is 2.85. The van der Waals surface area contributed by atoms with Crippen molar-refractivity contribution in [1.82, 2.24) is 9.97 Å². The van der Waals surface area contributed by atoms with Gasteiger partial charge in [0.25, 0.3) is 0 Å². The summed E-state index contributed by atoms with van der Waals surface area (Å²) in [5, 5.41) is 3.55. The molecule has 0 amide bonds. The van der Waals surface area contributed by atoms with Crippen molar-refractivity contribution in [2.45, 2.75) is 0 Å². The SMILES string of the molecule is COc1cc(Nc2cc(NN)ncn2)c(OC)cc1Cl. The number of methoxy groups -OCH3 is 2. The van der Waals surface area contributed by atoms with Gasteiger partial charge in [-0.25, -0.2) is 15.8 Å². The molecule has 0 aliphatic rings. The van der Waals surface area contributed by atoms with Crippen LogP contribution in [0.4, 0.5) is 17.3 Å². The standard InChI is InChI=1S/C12H14ClN5O2/c1-19-9-4-8(10(20-2)3-7(9)13)17-11-5-12(18-14)16-6-15-11/h3-6H,14H2,1-2H3,(H2,15,16,17,18). The third-order valence-electron chi connectivity index (χ3n) is 2.55. The molecule has 7 nitrogen and oxygen atoms in total. The monoisotopic (exact) mass is 295 g/mol. The fraction of sp³-hybridized carbons (Fsp3) is 0.167. The molecule has 4 N–H and O–H groups in total. The van der Waals surface area contributed by atoms with Crippen molar-refractivity contribution in [2.24, 2.45) is 5.84 Å². The summed E-state index contributed by atoms with van der Waals surface area (Å²) in [7, 11) is 3.09. The van der Waals surface area contributed by atoms with Gasteiger partial charge in [0.15, 0.2) is 0 Å². The number of halogens is 1. The highest BCUT2D eigenvalue weighted by atomic mass is 35.5. The van der Waals surface area contributed by atoms with Crippen LogP contribution in [0, 0.1) is 0 Å². The lowest BCUT2D eigenvalue weighted by Crippen LogP contribution is -2.09. The van der Waals surface area contributed by atoms with Gasteiger partial charge in [0.2, 0.25) is 0 Å². The second kappa shape index (κ2) is 6.27. The van der Waals surface area contributed by atoms with E-state index in [-0.39, 0.29) is 0 Å². The lowest BCUT2D eigenvalue weighted by Gasteiger charge is -2.13. The number of hydrogen-bond acceptors (Lipinski definition) is 7. The maximum absolute atomic E-state index is 6.05. The minimum atomic E-state index is 0.460. The number of hydrogen-bond donors (Lipinski definition) is 3. The maximum Gasteiger partial charge on any atom is 0.145 e. The molecule has 20 heavy (non-hydrogen) atoms. The largest absolute Gasteiger partial charge is 0.495 e. The van der Waals surface area contributed by atoms with Gasteiger partial charge in [-0.3, -0.25) is 0 Å². The summed E-state index contributed by atoms with van der Waals surface area (Å²) in [6, 6.07) is 5.03. The number of anilines is 3. The van der Waals surface area contributed by atoms with Gasteiger partial charge in [-0.1, -0.05) is 11.6 Å². The van der Waals surface area contributed by atoms with Crippen LogP contribution in [0.25, 0.3) is 0 Å². The van der Waals surface area contributed by atoms with Gasteiger partial charge in [-0.15, -0.1) is 0 Å². The molecule has 0 aliphatic carbocycles. The third kappa shape index (κ3) is 3.01. The Morgan fingerprint density at radius 1 is 1.05 bits per heavy atom. The van der Waals surface area contributed by atoms with Gasteiger partial charge in [0, 0.05) is 18.2 Å². The molecular weight excluding hydrogens is 282 g/mol. The molecular formula is C12H14ClN5O2. The molecule has 0 atom stereocenters. The Morgan fingerprint density at radius 2 is 1.75 bits per heavy atom. The molecule has 0 saturated carbocycles. The van der Waals surface area contributed by atoms with Gasteiger partial charge < -0.3 is 20.2 Å². The zero-order valence-corrected chi connectivity index (χ0v) is 11.7. The Hall–Kier alpha value is -2.25. The molecule has 0 bridgehead atoms. The molecule has 0 saturated heterocycles. The summed E-state index contributed by atoms with van der Waals surface area (Å²) >= 11 is 6.05. The fourth-order valence-corrected chi connectivity index (χ4v) is 1.83. The van der Waals surface area contributed by atoms with E-state index in [0.29, 0.717) is 33.8 Å². The summed E-state index contributed by atoms with van der Waals surface area (Å²) < 4.78 is 10.4. The smallest absolute Gasteiger partial charge is 0.145 e. The highest BCUT2D eigenvalue weighted by Crippen LogP contribution is 2.37. The number of rotatable bonds is 5. The van der Waals surface area contributed by atoms with E-state index < -0.39 is 0 Å². The molecule has 2 rings (SSSR count). The molecule has 0 fully saturated rings. The number of ether oxygens (including phenoxy) is 2. The fourth-order valence-electron chi connectivity index (χ4n) is 1.60. The van der Waals surface area contributed by atoms with Crippen molar-refractivity contribution in [2.75, 3.05) is 25.0 Å². The molecule has 1 aromatic heterocycles. The van der Waals surface area contributed by atoms with Crippen LogP contribution in [-0.4, -0.2) is 24.2 Å². The van der Waals surface area contributed by atoms with Gasteiger partial charge >= 0.3 is 0 Å². The molecule has 8 heteroatoms. The average molecular weight is 296 g/mol. The Balaban J connectivity index is 2.36. The Kier molecular flexibility index (Phi) is 4.44. The van der Waals surface area contributed by atoms with Crippen LogP contribution in [0.15, 0.2) is 24.5 Å². The second-order valence-electron chi connectivity index (χ2n) is 3.74. The van der Waals surface area contributed by atoms with E-state index in [1.807, 2.05) is 0 Å². The first-order valence-corrected chi connectivity index (χ1v) is 6.03. The van der Waals surface area contributed by atoms with Crippen LogP contribution in [0.2, 0.25) is 5.02 Å². The zero-order valence-electron chi connectivity index (χ0n) is 11.0. The first-order valence-electron chi connectivity index (χ1n) is 5.65. The van der Waals surface area contributed by atoms with E-state index in [1.165, 1.54) is 6.33 Å². The molecule has 0 aliphatic heterocycles. The quantitative estimate of drug-likeness (QED) is 0.575. The number of benzene rings is 1. The minimum absolute atomic E-state index is 0.460. The van der Waals surface area contributed by atoms with Crippen LogP contribution in [0.1, 0.15) is 0 Å². The van der Waals surface area contributed by atoms with Crippen LogP contribution in [-0.2, 0) is 0 Å². The normalized spacial score (nSPS) is 10.0. The lowest BCUT2D eigenvalue weighted by atomic mass is 10.2. The van der Waals surface area contributed by atoms with E-state index in [2.05, 4.69) is 20.7 Å². The zero-order chi connectivity index (χ0) is 14.5. The van der Waals surface area contributed by atoms with Crippen LogP contribution in [0.3, 0.4) is 0 Å². The van der Waals surface area contributed by atoms with Crippen molar-refractivity contribution in [3.63, 3.8) is 0 Å². The van der Waals surface area contributed by atoms with Gasteiger partial charge in [-0.05, 0) is 0 Å². The second-order valence-corrected chi connectivity index (χ2v) is 4.15. The molecule has 0 unspecified atom stereocenters. The predicted molar refractivity (Wildman–Crippen MR) is 77.7 cm³/mol. The van der Waals surface area contributed by atoms with Crippen molar-refractivity contribution < 1.29 is 9.47 Å². The Bertz CT molecular complexity index is 608. The van der Waals surface area contributed by atoms with Crippen molar-refractivity contribution in [3.8, 4) is 11.5 Å². The van der Waals surface area contributed by atoms with Gasteiger partial charge in [0.1, 0.15) is 29.5 Å². The highest BCUT2D eigenvalue weighted by molar-refractivity contribution is 6.32. The van der Waals surface area contributed by atoms with Crippen molar-refractivity contribution in [3.05, 3.63) is 29.5 Å². The number of hydrazine groups is 1. The first kappa shape index (κ1) is 14.2. The van der Waals surface area contributed by atoms with E-state index >= 15 is 0 Å². The summed E-state index contributed by atoms with van der Waals surface area (Å²) in [5.41, 5.74) is 3.11. The van der Waals surface area contributed by atoms with E-state index in [4.69, 9.17) is 26.9 Å². The number of aromatic nitrogens is 2. The number of nitrogens with zero attached hydrogens (tertiary/aromatic N) is 2. The number of nitrogen functional groups attached to an aromatic ring is 1. The summed E-state index contributed by atoms with van der Waals surface area (Å²) in [4.78, 5) is 8.01. The van der Waals surface area contributed by atoms with Gasteiger partial charge in [0.05, 0.1) is 24.9 Å². The molecule has 2 aromatic rings. The Morgan fingerprint density at radius 3 is 2.40 bits per heavy atom. The van der Waals surface area contributed by atoms with Crippen molar-refractivity contribution in [1.29, 1.82) is 0 Å². The molecule has 1 heterocycles. The van der Waals surface area contributed by atoms with Gasteiger partial charge in [-0.2, -0.15) is 0 Å². The van der Waals surface area contributed by atoms with E-state index in [1.54, 1.807) is 32.4 Å². The van der Waals surface area contributed by atoms with Crippen LogP contribution >= 0.6 is 11.6 Å². The number of nitrogens with one attached hydrogen (secondary N) is 2. The highest BCUT2D eigenvalue weighted by Gasteiger charge is 2.10. The summed E-state index contributed by atoms with van der Waals surface area (Å²) in [6.45, 7) is 0. The predicted octanol–water partition coefficient (Wildman–Crippen LogP) is 2.18. The topological polar surface area (TPSA) is 94.3 Å².